The van der Waals surface area contributed by atoms with Crippen LogP contribution in [0.5, 0.6) is 5.75 Å². The van der Waals surface area contributed by atoms with Crippen molar-refractivity contribution in [3.8, 4) is 28.5 Å². The largest absolute Gasteiger partial charge is 0.495 e. The van der Waals surface area contributed by atoms with Gasteiger partial charge < -0.3 is 14.6 Å². The summed E-state index contributed by atoms with van der Waals surface area (Å²) in [6.45, 7) is 2.16. The number of fused-ring (bicyclic) bond motifs is 2. The molecule has 2 N–H and O–H groups in total. The number of hydrogen-bond donors (Lipinski definition) is 2. The molecule has 0 unspecified atom stereocenters. The van der Waals surface area contributed by atoms with Crippen LogP contribution in [-0.2, 0) is 0 Å². The van der Waals surface area contributed by atoms with E-state index in [-0.39, 0.29) is 0 Å². The van der Waals surface area contributed by atoms with E-state index in [1.165, 1.54) is 24.9 Å². The summed E-state index contributed by atoms with van der Waals surface area (Å²) in [6.07, 6.45) is 9.01. The Hall–Kier alpha value is -3.94. The van der Waals surface area contributed by atoms with Crippen molar-refractivity contribution < 1.29 is 4.74 Å². The van der Waals surface area contributed by atoms with Crippen molar-refractivity contribution in [3.63, 3.8) is 0 Å². The van der Waals surface area contributed by atoms with Gasteiger partial charge in [0.25, 0.3) is 0 Å². The summed E-state index contributed by atoms with van der Waals surface area (Å²) in [5.74, 6) is 1.44. The highest BCUT2D eigenvalue weighted by Gasteiger charge is 2.19. The van der Waals surface area contributed by atoms with Gasteiger partial charge in [-0.15, -0.1) is 0 Å². The Bertz CT molecular complexity index is 1410. The van der Waals surface area contributed by atoms with E-state index in [0.29, 0.717) is 5.75 Å². The summed E-state index contributed by atoms with van der Waals surface area (Å²) < 4.78 is 5.31. The summed E-state index contributed by atoms with van der Waals surface area (Å²) in [5, 5.41) is 8.60. The number of ether oxygens (including phenoxy) is 1. The molecule has 0 saturated carbocycles. The quantitative estimate of drug-likeness (QED) is 0.438. The number of hydrogen-bond acceptors (Lipinski definition) is 6. The summed E-state index contributed by atoms with van der Waals surface area (Å²) in [7, 11) is 1.63. The Balaban J connectivity index is 1.45. The van der Waals surface area contributed by atoms with Crippen LogP contribution in [0.4, 0.5) is 5.69 Å². The first-order chi connectivity index (χ1) is 15.8. The predicted molar refractivity (Wildman–Crippen MR) is 125 cm³/mol. The van der Waals surface area contributed by atoms with Gasteiger partial charge in [0.05, 0.1) is 41.9 Å². The summed E-state index contributed by atoms with van der Waals surface area (Å²) in [5.41, 5.74) is 6.52. The van der Waals surface area contributed by atoms with E-state index in [4.69, 9.17) is 9.72 Å². The zero-order valence-corrected chi connectivity index (χ0v) is 17.8. The van der Waals surface area contributed by atoms with Crippen molar-refractivity contribution in [1.29, 1.82) is 0 Å². The van der Waals surface area contributed by atoms with Gasteiger partial charge in [0.15, 0.2) is 5.82 Å². The average Bonchev–Trinajstić information content (AvgIpc) is 3.48. The second-order valence-corrected chi connectivity index (χ2v) is 8.11. The molecule has 4 aromatic heterocycles. The molecule has 8 heteroatoms. The molecular weight excluding hydrogens is 402 g/mol. The van der Waals surface area contributed by atoms with E-state index < -0.39 is 0 Å². The van der Waals surface area contributed by atoms with E-state index in [9.17, 15) is 0 Å². The first-order valence-electron chi connectivity index (χ1n) is 10.9. The zero-order chi connectivity index (χ0) is 21.5. The Morgan fingerprint density at radius 1 is 1.00 bits per heavy atom. The van der Waals surface area contributed by atoms with Crippen LogP contribution in [0.25, 0.3) is 44.7 Å². The molecule has 1 saturated heterocycles. The minimum absolute atomic E-state index is 0.694. The number of pyridine rings is 2. The highest BCUT2D eigenvalue weighted by atomic mass is 16.5. The first-order valence-corrected chi connectivity index (χ1v) is 10.9. The number of para-hydroxylation sites is 1. The number of aromatic amines is 2. The van der Waals surface area contributed by atoms with E-state index >= 15 is 0 Å². The molecular formula is C24H23N7O. The monoisotopic (exact) mass is 425 g/mol. The summed E-state index contributed by atoms with van der Waals surface area (Å²) in [4.78, 5) is 19.7. The second kappa shape index (κ2) is 7.64. The Morgan fingerprint density at radius 2 is 1.91 bits per heavy atom. The lowest BCUT2D eigenvalue weighted by Gasteiger charge is -2.28. The third-order valence-electron chi connectivity index (χ3n) is 6.10. The fraction of sp³-hybridized carbons (Fsp3) is 0.250. The predicted octanol–water partition coefficient (Wildman–Crippen LogP) is 4.56. The van der Waals surface area contributed by atoms with Crippen LogP contribution in [0.15, 0.2) is 48.9 Å². The normalized spacial score (nSPS) is 14.3. The number of benzene rings is 1. The number of piperidine rings is 1. The maximum Gasteiger partial charge on any atom is 0.159 e. The number of aromatic nitrogens is 6. The fourth-order valence-corrected chi connectivity index (χ4v) is 4.44. The van der Waals surface area contributed by atoms with Crippen LogP contribution < -0.4 is 9.64 Å². The van der Waals surface area contributed by atoms with Crippen LogP contribution in [-0.4, -0.2) is 50.3 Å². The van der Waals surface area contributed by atoms with Gasteiger partial charge in [-0.25, -0.2) is 4.98 Å². The molecule has 1 fully saturated rings. The average molecular weight is 425 g/mol. The molecule has 6 rings (SSSR count). The molecule has 1 aromatic carbocycles. The number of anilines is 1. The lowest BCUT2D eigenvalue weighted by molar-refractivity contribution is 0.413. The van der Waals surface area contributed by atoms with E-state index in [1.807, 2.05) is 12.1 Å². The van der Waals surface area contributed by atoms with E-state index in [1.54, 1.807) is 25.7 Å². The fourth-order valence-electron chi connectivity index (χ4n) is 4.44. The molecule has 0 radical (unpaired) electrons. The molecule has 0 spiro atoms. The Labute approximate surface area is 184 Å². The van der Waals surface area contributed by atoms with Crippen molar-refractivity contribution in [2.24, 2.45) is 0 Å². The molecule has 32 heavy (non-hydrogen) atoms. The van der Waals surface area contributed by atoms with Gasteiger partial charge in [0, 0.05) is 30.2 Å². The molecule has 1 aliphatic heterocycles. The number of imidazole rings is 1. The third-order valence-corrected chi connectivity index (χ3v) is 6.10. The Kier molecular flexibility index (Phi) is 4.49. The number of rotatable bonds is 4. The van der Waals surface area contributed by atoms with Gasteiger partial charge in [0.2, 0.25) is 0 Å². The number of methoxy groups -OCH3 is 1. The topological polar surface area (TPSA) is 95.6 Å². The minimum Gasteiger partial charge on any atom is -0.495 e. The Morgan fingerprint density at radius 3 is 2.78 bits per heavy atom. The maximum atomic E-state index is 5.31. The van der Waals surface area contributed by atoms with Crippen LogP contribution >= 0.6 is 0 Å². The van der Waals surface area contributed by atoms with Gasteiger partial charge in [-0.2, -0.15) is 5.10 Å². The maximum absolute atomic E-state index is 5.31. The highest BCUT2D eigenvalue weighted by Crippen LogP contribution is 2.33. The van der Waals surface area contributed by atoms with Crippen LogP contribution in [0.2, 0.25) is 0 Å². The lowest BCUT2D eigenvalue weighted by atomic mass is 10.1. The number of H-pyrrole nitrogens is 2. The van der Waals surface area contributed by atoms with Crippen LogP contribution in [0, 0.1) is 0 Å². The molecule has 0 bridgehead atoms. The molecule has 5 aromatic rings. The number of nitrogens with one attached hydrogen (secondary N) is 2. The SMILES string of the molecule is COc1cncc(-c2cc3c(-c4nc5c(N6CCCCC6)cccc5[nH]4)n[nH]c3cn2)c1. The molecule has 0 amide bonds. The first kappa shape index (κ1) is 18.8. The molecule has 0 atom stereocenters. The van der Waals surface area contributed by atoms with Crippen molar-refractivity contribution >= 4 is 27.6 Å². The van der Waals surface area contributed by atoms with Gasteiger partial charge in [0.1, 0.15) is 17.0 Å². The lowest BCUT2D eigenvalue weighted by Crippen LogP contribution is -2.29. The van der Waals surface area contributed by atoms with Gasteiger partial charge in [-0.05, 0) is 43.5 Å². The van der Waals surface area contributed by atoms with Crippen molar-refractivity contribution in [1.82, 2.24) is 30.1 Å². The van der Waals surface area contributed by atoms with Crippen molar-refractivity contribution in [3.05, 3.63) is 48.9 Å². The van der Waals surface area contributed by atoms with Crippen molar-refractivity contribution in [2.75, 3.05) is 25.1 Å². The van der Waals surface area contributed by atoms with Crippen LogP contribution in [0.1, 0.15) is 19.3 Å². The smallest absolute Gasteiger partial charge is 0.159 e. The standard InChI is InChI=1S/C24H23N7O/c1-32-16-10-15(12-25-13-16)19-11-17-20(14-26-19)29-30-22(17)24-27-18-6-5-7-21(23(18)28-24)31-8-3-2-4-9-31/h5-7,10-14H,2-4,8-9H2,1H3,(H,27,28)(H,29,30). The molecule has 0 aliphatic carbocycles. The minimum atomic E-state index is 0.694. The third kappa shape index (κ3) is 3.15. The molecule has 1 aliphatic rings. The molecule has 8 nitrogen and oxygen atoms in total. The number of nitrogens with zero attached hydrogens (tertiary/aromatic N) is 5. The van der Waals surface area contributed by atoms with Crippen LogP contribution in [0.3, 0.4) is 0 Å². The van der Waals surface area contributed by atoms with E-state index in [2.05, 4.69) is 48.2 Å². The zero-order valence-electron chi connectivity index (χ0n) is 17.8. The van der Waals surface area contributed by atoms with Crippen molar-refractivity contribution in [2.45, 2.75) is 19.3 Å². The second-order valence-electron chi connectivity index (χ2n) is 8.11. The van der Waals surface area contributed by atoms with E-state index in [0.717, 1.165) is 57.8 Å². The summed E-state index contributed by atoms with van der Waals surface area (Å²) >= 11 is 0. The highest BCUT2D eigenvalue weighted by molar-refractivity contribution is 5.96. The van der Waals surface area contributed by atoms with Gasteiger partial charge in [-0.3, -0.25) is 15.1 Å². The van der Waals surface area contributed by atoms with Gasteiger partial charge >= 0.3 is 0 Å². The molecule has 160 valence electrons. The molecule has 5 heterocycles. The summed E-state index contributed by atoms with van der Waals surface area (Å²) in [6, 6.07) is 10.3. The van der Waals surface area contributed by atoms with Gasteiger partial charge in [-0.1, -0.05) is 6.07 Å².